The zero-order valence-corrected chi connectivity index (χ0v) is 15.7. The molecule has 1 amide bonds. The minimum atomic E-state index is -4.68. The van der Waals surface area contributed by atoms with Crippen molar-refractivity contribution < 1.29 is 27.8 Å². The summed E-state index contributed by atoms with van der Waals surface area (Å²) in [7, 11) is 0. The third kappa shape index (κ3) is 3.64. The summed E-state index contributed by atoms with van der Waals surface area (Å²) in [6.45, 7) is -0.675. The number of fused-ring (bicyclic) bond motifs is 3. The molecule has 7 heteroatoms. The third-order valence-corrected chi connectivity index (χ3v) is 5.20. The number of ether oxygens (including phenoxy) is 1. The second-order valence-electron chi connectivity index (χ2n) is 6.95. The molecule has 2 N–H and O–H groups in total. The van der Waals surface area contributed by atoms with Gasteiger partial charge in [0.1, 0.15) is 6.61 Å². The molecule has 154 valence electrons. The van der Waals surface area contributed by atoms with Crippen LogP contribution in [0.1, 0.15) is 28.2 Å². The van der Waals surface area contributed by atoms with Crippen molar-refractivity contribution in [2.75, 3.05) is 11.9 Å². The number of carbonyl (C=O) groups excluding carboxylic acids is 1. The molecule has 0 heterocycles. The van der Waals surface area contributed by atoms with Gasteiger partial charge in [-0.3, -0.25) is 5.32 Å². The summed E-state index contributed by atoms with van der Waals surface area (Å²) >= 11 is 0. The molecule has 0 fully saturated rings. The molecular formula is C23H18F3NO3. The van der Waals surface area contributed by atoms with Crippen LogP contribution in [0.15, 0.2) is 66.7 Å². The fourth-order valence-electron chi connectivity index (χ4n) is 3.85. The summed E-state index contributed by atoms with van der Waals surface area (Å²) in [5.74, 6) is -0.210. The van der Waals surface area contributed by atoms with Crippen molar-refractivity contribution in [3.05, 3.63) is 89.0 Å². The van der Waals surface area contributed by atoms with Crippen molar-refractivity contribution in [3.63, 3.8) is 0 Å². The molecule has 0 aliphatic heterocycles. The molecule has 30 heavy (non-hydrogen) atoms. The van der Waals surface area contributed by atoms with Crippen LogP contribution in [0.25, 0.3) is 11.1 Å². The number of rotatable bonds is 4. The molecule has 3 aromatic carbocycles. The Kier molecular flexibility index (Phi) is 5.22. The van der Waals surface area contributed by atoms with Gasteiger partial charge >= 0.3 is 12.3 Å². The van der Waals surface area contributed by atoms with Gasteiger partial charge in [-0.2, -0.15) is 13.2 Å². The molecule has 3 aromatic rings. The summed E-state index contributed by atoms with van der Waals surface area (Å²) in [6, 6.07) is 18.8. The fourth-order valence-corrected chi connectivity index (χ4v) is 3.85. The Hall–Kier alpha value is -3.32. The van der Waals surface area contributed by atoms with Crippen molar-refractivity contribution in [1.29, 1.82) is 0 Å². The second kappa shape index (κ2) is 7.84. The van der Waals surface area contributed by atoms with Crippen LogP contribution in [-0.2, 0) is 17.5 Å². The second-order valence-corrected chi connectivity index (χ2v) is 6.95. The Morgan fingerprint density at radius 3 is 2.10 bits per heavy atom. The van der Waals surface area contributed by atoms with Gasteiger partial charge in [-0.15, -0.1) is 0 Å². The van der Waals surface area contributed by atoms with Crippen LogP contribution in [0.5, 0.6) is 0 Å². The van der Waals surface area contributed by atoms with Crippen molar-refractivity contribution >= 4 is 11.8 Å². The smallest absolute Gasteiger partial charge is 0.418 e. The zero-order chi connectivity index (χ0) is 21.3. The molecule has 4 nitrogen and oxygen atoms in total. The van der Waals surface area contributed by atoms with Crippen LogP contribution in [0.4, 0.5) is 23.7 Å². The summed E-state index contributed by atoms with van der Waals surface area (Å²) in [4.78, 5) is 12.4. The summed E-state index contributed by atoms with van der Waals surface area (Å²) in [6.07, 6.45) is -5.69. The zero-order valence-electron chi connectivity index (χ0n) is 15.7. The molecule has 0 saturated heterocycles. The molecular weight excluding hydrogens is 395 g/mol. The lowest BCUT2D eigenvalue weighted by molar-refractivity contribution is -0.137. The lowest BCUT2D eigenvalue weighted by Crippen LogP contribution is -2.21. The Morgan fingerprint density at radius 1 is 0.933 bits per heavy atom. The highest BCUT2D eigenvalue weighted by atomic mass is 19.4. The highest BCUT2D eigenvalue weighted by Crippen LogP contribution is 2.44. The average molecular weight is 413 g/mol. The summed E-state index contributed by atoms with van der Waals surface area (Å²) in [5.41, 5.74) is 2.52. The van der Waals surface area contributed by atoms with Gasteiger partial charge in [0, 0.05) is 11.5 Å². The number of alkyl halides is 3. The SMILES string of the molecule is O=C(Nc1c(CO)cccc1C(F)(F)F)OCC1c2ccccc2-c2ccccc21. The molecule has 1 aliphatic carbocycles. The predicted molar refractivity (Wildman–Crippen MR) is 106 cm³/mol. The van der Waals surface area contributed by atoms with Crippen LogP contribution < -0.4 is 5.32 Å². The largest absolute Gasteiger partial charge is 0.448 e. The molecule has 0 spiro atoms. The molecule has 0 bridgehead atoms. The van der Waals surface area contributed by atoms with Gasteiger partial charge in [0.25, 0.3) is 0 Å². The minimum absolute atomic E-state index is 0.0253. The van der Waals surface area contributed by atoms with E-state index in [0.29, 0.717) is 0 Å². The van der Waals surface area contributed by atoms with Gasteiger partial charge in [-0.1, -0.05) is 60.7 Å². The van der Waals surface area contributed by atoms with E-state index in [0.717, 1.165) is 28.3 Å². The van der Waals surface area contributed by atoms with Gasteiger partial charge < -0.3 is 9.84 Å². The predicted octanol–water partition coefficient (Wildman–Crippen LogP) is 5.56. The number of carbonyl (C=O) groups is 1. The summed E-state index contributed by atoms with van der Waals surface area (Å²) in [5, 5.41) is 11.6. The molecule has 0 saturated carbocycles. The molecule has 0 unspecified atom stereocenters. The van der Waals surface area contributed by atoms with Crippen LogP contribution in [-0.4, -0.2) is 17.8 Å². The van der Waals surface area contributed by atoms with Gasteiger partial charge in [0.2, 0.25) is 0 Å². The standard InChI is InChI=1S/C23H18F3NO3/c24-23(25,26)20-11-5-6-14(12-28)21(20)27-22(29)30-13-19-17-9-3-1-7-15(17)16-8-2-4-10-18(16)19/h1-11,19,28H,12-13H2,(H,27,29). The van der Waals surface area contributed by atoms with E-state index < -0.39 is 30.1 Å². The normalized spacial score (nSPS) is 12.9. The first-order chi connectivity index (χ1) is 14.4. The van der Waals surface area contributed by atoms with Crippen LogP contribution >= 0.6 is 0 Å². The maximum Gasteiger partial charge on any atom is 0.418 e. The van der Waals surface area contributed by atoms with Crippen LogP contribution in [0.3, 0.4) is 0 Å². The average Bonchev–Trinajstić information content (AvgIpc) is 3.05. The van der Waals surface area contributed by atoms with E-state index in [1.54, 1.807) is 0 Å². The van der Waals surface area contributed by atoms with Crippen LogP contribution in [0, 0.1) is 0 Å². The number of hydrogen-bond acceptors (Lipinski definition) is 3. The number of amides is 1. The van der Waals surface area contributed by atoms with E-state index in [4.69, 9.17) is 4.74 Å². The van der Waals surface area contributed by atoms with Gasteiger partial charge in [-0.05, 0) is 28.3 Å². The monoisotopic (exact) mass is 413 g/mol. The van der Waals surface area contributed by atoms with Crippen molar-refractivity contribution in [1.82, 2.24) is 0 Å². The highest BCUT2D eigenvalue weighted by molar-refractivity contribution is 5.87. The molecule has 0 radical (unpaired) electrons. The molecule has 4 rings (SSSR count). The highest BCUT2D eigenvalue weighted by Gasteiger charge is 2.35. The number of hydrogen-bond donors (Lipinski definition) is 2. The van der Waals surface area contributed by atoms with E-state index in [1.165, 1.54) is 12.1 Å². The maximum atomic E-state index is 13.3. The minimum Gasteiger partial charge on any atom is -0.448 e. The third-order valence-electron chi connectivity index (χ3n) is 5.20. The van der Waals surface area contributed by atoms with E-state index in [9.17, 15) is 23.1 Å². The lowest BCUT2D eigenvalue weighted by atomic mass is 9.98. The van der Waals surface area contributed by atoms with E-state index in [1.807, 2.05) is 48.5 Å². The van der Waals surface area contributed by atoms with Gasteiger partial charge in [-0.25, -0.2) is 4.79 Å². The van der Waals surface area contributed by atoms with Crippen molar-refractivity contribution in [2.45, 2.75) is 18.7 Å². The number of benzene rings is 3. The Balaban J connectivity index is 1.55. The Labute approximate surface area is 170 Å². The number of aliphatic hydroxyl groups excluding tert-OH is 1. The maximum absolute atomic E-state index is 13.3. The quantitative estimate of drug-likeness (QED) is 0.589. The Bertz CT molecular complexity index is 1050. The van der Waals surface area contributed by atoms with Crippen molar-refractivity contribution in [2.24, 2.45) is 0 Å². The molecule has 0 atom stereocenters. The number of halogens is 3. The first-order valence-electron chi connectivity index (χ1n) is 9.32. The van der Waals surface area contributed by atoms with E-state index in [-0.39, 0.29) is 18.1 Å². The van der Waals surface area contributed by atoms with E-state index in [2.05, 4.69) is 5.32 Å². The summed E-state index contributed by atoms with van der Waals surface area (Å²) < 4.78 is 45.2. The van der Waals surface area contributed by atoms with E-state index >= 15 is 0 Å². The van der Waals surface area contributed by atoms with Crippen LogP contribution in [0.2, 0.25) is 0 Å². The topological polar surface area (TPSA) is 58.6 Å². The first kappa shape index (κ1) is 20.0. The molecule has 1 aliphatic rings. The number of nitrogens with one attached hydrogen (secondary N) is 1. The number of anilines is 1. The molecule has 0 aromatic heterocycles. The first-order valence-corrected chi connectivity index (χ1v) is 9.32. The fraction of sp³-hybridized carbons (Fsp3) is 0.174. The number of aliphatic hydroxyl groups is 1. The number of para-hydroxylation sites is 1. The lowest BCUT2D eigenvalue weighted by Gasteiger charge is -2.18. The van der Waals surface area contributed by atoms with Gasteiger partial charge in [0.05, 0.1) is 17.9 Å². The Morgan fingerprint density at radius 2 is 1.53 bits per heavy atom. The van der Waals surface area contributed by atoms with Gasteiger partial charge in [0.15, 0.2) is 0 Å². The van der Waals surface area contributed by atoms with Crippen molar-refractivity contribution in [3.8, 4) is 11.1 Å².